The van der Waals surface area contributed by atoms with Crippen molar-refractivity contribution in [3.05, 3.63) is 265 Å². The van der Waals surface area contributed by atoms with E-state index in [1.807, 2.05) is 0 Å². The fourth-order valence-electron chi connectivity index (χ4n) is 14.4. The minimum Gasteiger partial charge on any atom is -0.0622 e. The van der Waals surface area contributed by atoms with Crippen molar-refractivity contribution in [2.75, 3.05) is 0 Å². The summed E-state index contributed by atoms with van der Waals surface area (Å²) >= 11 is 0. The zero-order valence-electron chi connectivity index (χ0n) is 38.6. The molecule has 0 saturated carbocycles. The summed E-state index contributed by atoms with van der Waals surface area (Å²) in [6, 6.07) is 92.4. The van der Waals surface area contributed by atoms with Gasteiger partial charge in [0.25, 0.3) is 0 Å². The molecule has 0 N–H and O–H groups in total. The molecule has 324 valence electrons. The lowest BCUT2D eigenvalue weighted by atomic mass is 9.70. The van der Waals surface area contributed by atoms with E-state index in [2.05, 4.69) is 243 Å². The first-order valence-electron chi connectivity index (χ1n) is 25.0. The molecule has 0 unspecified atom stereocenters. The number of hydrogen-bond donors (Lipinski definition) is 0. The topological polar surface area (TPSA) is 0 Å². The van der Waals surface area contributed by atoms with E-state index in [1.54, 1.807) is 0 Å². The lowest BCUT2D eigenvalue weighted by Gasteiger charge is -2.31. The Hall–Kier alpha value is -9.10. The Morgan fingerprint density at radius 3 is 1.39 bits per heavy atom. The minimum absolute atomic E-state index is 0.457. The van der Waals surface area contributed by atoms with Crippen LogP contribution in [0.5, 0.6) is 0 Å². The van der Waals surface area contributed by atoms with E-state index in [-0.39, 0.29) is 0 Å². The van der Waals surface area contributed by atoms with Crippen LogP contribution in [0, 0.1) is 0 Å². The second-order valence-corrected chi connectivity index (χ2v) is 20.1. The third-order valence-corrected chi connectivity index (χ3v) is 16.9. The lowest BCUT2D eigenvalue weighted by molar-refractivity contribution is 0.795. The van der Waals surface area contributed by atoms with Crippen LogP contribution in [0.15, 0.2) is 243 Å². The highest BCUT2D eigenvalue weighted by Gasteiger charge is 2.52. The van der Waals surface area contributed by atoms with Crippen LogP contribution >= 0.6 is 0 Å². The Labute approximate surface area is 411 Å². The quantitative estimate of drug-likeness (QED) is 0.166. The van der Waals surface area contributed by atoms with Crippen molar-refractivity contribution in [1.29, 1.82) is 0 Å². The summed E-state index contributed by atoms with van der Waals surface area (Å²) in [6.07, 6.45) is 0. The maximum atomic E-state index is 2.64. The Morgan fingerprint density at radius 2 is 0.704 bits per heavy atom. The van der Waals surface area contributed by atoms with Crippen molar-refractivity contribution >= 4 is 43.1 Å². The van der Waals surface area contributed by atoms with Gasteiger partial charge < -0.3 is 0 Å². The molecule has 0 nitrogen and oxygen atoms in total. The number of rotatable bonds is 3. The maximum Gasteiger partial charge on any atom is 0.0725 e. The third kappa shape index (κ3) is 4.62. The summed E-state index contributed by atoms with van der Waals surface area (Å²) in [5.74, 6) is 0. The molecule has 0 heterocycles. The van der Waals surface area contributed by atoms with Crippen LogP contribution in [0.25, 0.3) is 143 Å². The largest absolute Gasteiger partial charge is 0.0725 e. The SMILES string of the molecule is c1ccc(-c2c3c(c(-c4ccccc4)c4cc(-c5c6c(cc7ccccc57)-c5cccc7c8c(cc-6c57)C5(c6ccccc6-c6ccccc65)c5ccccc5-8)ccc24)-c2cccc4cccc-3c24)cc1. The van der Waals surface area contributed by atoms with Crippen LogP contribution in [0.3, 0.4) is 0 Å². The van der Waals surface area contributed by atoms with Crippen molar-refractivity contribution in [3.8, 4) is 100 Å². The smallest absolute Gasteiger partial charge is 0.0622 e. The molecule has 4 aliphatic rings. The molecule has 0 saturated heterocycles. The van der Waals surface area contributed by atoms with Gasteiger partial charge in [-0.3, -0.25) is 0 Å². The predicted molar refractivity (Wildman–Crippen MR) is 298 cm³/mol. The Kier molecular flexibility index (Phi) is 7.23. The summed E-state index contributed by atoms with van der Waals surface area (Å²) in [7, 11) is 0. The summed E-state index contributed by atoms with van der Waals surface area (Å²) in [6.45, 7) is 0. The summed E-state index contributed by atoms with van der Waals surface area (Å²) < 4.78 is 0. The van der Waals surface area contributed by atoms with Crippen LogP contribution in [0.2, 0.25) is 0 Å². The summed E-state index contributed by atoms with van der Waals surface area (Å²) in [5, 5.41) is 10.3. The monoisotopic (exact) mass is 892 g/mol. The van der Waals surface area contributed by atoms with Gasteiger partial charge in [0, 0.05) is 0 Å². The Balaban J connectivity index is 1.02. The molecule has 0 atom stereocenters. The standard InChI is InChI=1S/C71H40/c1-3-18-42(19-4-1)63-50-37-36-45(39-55(50)64(43-20-5-2-6-21-43)70-53-31-16-24-41-23-15-30-52(62(41)53)69(63)70)65-46-25-8-7-22-44(46)38-56-49-29-17-32-54-66(49)57(68(56)65)40-61-67(54)51-28-11-14-35-60(51)71(61)58-33-12-9-26-47(58)48-27-10-13-34-59(48)71/h1-40H. The molecule has 17 rings (SSSR count). The zero-order valence-corrected chi connectivity index (χ0v) is 38.6. The average molecular weight is 893 g/mol. The van der Waals surface area contributed by atoms with E-state index in [4.69, 9.17) is 0 Å². The fraction of sp³-hybridized carbons (Fsp3) is 0.0141. The van der Waals surface area contributed by atoms with Crippen LogP contribution in [-0.2, 0) is 5.41 Å². The molecule has 13 aromatic carbocycles. The van der Waals surface area contributed by atoms with Crippen molar-refractivity contribution in [1.82, 2.24) is 0 Å². The zero-order chi connectivity index (χ0) is 46.1. The molecule has 1 spiro atoms. The van der Waals surface area contributed by atoms with Gasteiger partial charge in [0.1, 0.15) is 0 Å². The molecule has 71 heavy (non-hydrogen) atoms. The van der Waals surface area contributed by atoms with Crippen molar-refractivity contribution in [2.24, 2.45) is 0 Å². The van der Waals surface area contributed by atoms with Crippen LogP contribution in [0.1, 0.15) is 22.3 Å². The molecule has 0 aliphatic heterocycles. The highest BCUT2D eigenvalue weighted by molar-refractivity contribution is 6.30. The van der Waals surface area contributed by atoms with Crippen molar-refractivity contribution < 1.29 is 0 Å². The average Bonchev–Trinajstić information content (AvgIpc) is 4.16. The second-order valence-electron chi connectivity index (χ2n) is 20.1. The number of hydrogen-bond acceptors (Lipinski definition) is 0. The van der Waals surface area contributed by atoms with E-state index in [0.717, 1.165) is 0 Å². The first-order chi connectivity index (χ1) is 35.3. The Morgan fingerprint density at radius 1 is 0.197 bits per heavy atom. The predicted octanol–water partition coefficient (Wildman–Crippen LogP) is 18.9. The third-order valence-electron chi connectivity index (χ3n) is 16.9. The molecule has 13 aromatic rings. The van der Waals surface area contributed by atoms with Crippen LogP contribution < -0.4 is 0 Å². The molecule has 0 fully saturated rings. The minimum atomic E-state index is -0.457. The van der Waals surface area contributed by atoms with Crippen LogP contribution in [-0.4, -0.2) is 0 Å². The number of benzene rings is 13. The van der Waals surface area contributed by atoms with Gasteiger partial charge in [0.2, 0.25) is 0 Å². The molecule has 0 heteroatoms. The summed E-state index contributed by atoms with van der Waals surface area (Å²) in [4.78, 5) is 0. The molecule has 0 aromatic heterocycles. The highest BCUT2D eigenvalue weighted by Crippen LogP contribution is 2.67. The van der Waals surface area contributed by atoms with Gasteiger partial charge in [-0.05, 0) is 184 Å². The molecular weight excluding hydrogens is 853 g/mol. The molecule has 0 radical (unpaired) electrons. The van der Waals surface area contributed by atoms with Crippen molar-refractivity contribution in [3.63, 3.8) is 0 Å². The lowest BCUT2D eigenvalue weighted by Crippen LogP contribution is -2.25. The van der Waals surface area contributed by atoms with E-state index in [1.165, 1.54) is 165 Å². The van der Waals surface area contributed by atoms with E-state index in [0.29, 0.717) is 0 Å². The van der Waals surface area contributed by atoms with Gasteiger partial charge in [-0.2, -0.15) is 0 Å². The fourth-order valence-corrected chi connectivity index (χ4v) is 14.4. The molecule has 0 bridgehead atoms. The molecule has 4 aliphatic carbocycles. The van der Waals surface area contributed by atoms with Gasteiger partial charge in [-0.25, -0.2) is 0 Å². The van der Waals surface area contributed by atoms with E-state index in [9.17, 15) is 0 Å². The van der Waals surface area contributed by atoms with Gasteiger partial charge in [-0.1, -0.05) is 224 Å². The molecular formula is C71H40. The Bertz CT molecular complexity index is 4500. The van der Waals surface area contributed by atoms with E-state index >= 15 is 0 Å². The first kappa shape index (κ1) is 37.8. The van der Waals surface area contributed by atoms with Crippen LogP contribution in [0.4, 0.5) is 0 Å². The van der Waals surface area contributed by atoms with Gasteiger partial charge >= 0.3 is 0 Å². The molecule has 0 amide bonds. The van der Waals surface area contributed by atoms with Gasteiger partial charge in [0.15, 0.2) is 0 Å². The second kappa shape index (κ2) is 13.6. The van der Waals surface area contributed by atoms with Gasteiger partial charge in [-0.15, -0.1) is 0 Å². The number of fused-ring (bicyclic) bond motifs is 19. The van der Waals surface area contributed by atoms with Crippen molar-refractivity contribution in [2.45, 2.75) is 5.41 Å². The highest BCUT2D eigenvalue weighted by atomic mass is 14.5. The first-order valence-corrected chi connectivity index (χ1v) is 25.0. The van der Waals surface area contributed by atoms with E-state index < -0.39 is 5.41 Å². The van der Waals surface area contributed by atoms with Gasteiger partial charge in [0.05, 0.1) is 5.41 Å². The normalized spacial score (nSPS) is 13.5. The maximum absolute atomic E-state index is 2.64. The summed E-state index contributed by atoms with van der Waals surface area (Å²) in [5.41, 5.74) is 28.5.